The number of nitrogens with zero attached hydrogens (tertiary/aromatic N) is 1. The van der Waals surface area contributed by atoms with Crippen molar-refractivity contribution >= 4 is 29.3 Å². The van der Waals surface area contributed by atoms with Crippen LogP contribution in [0.1, 0.15) is 30.5 Å². The Morgan fingerprint density at radius 1 is 1.47 bits per heavy atom. The van der Waals surface area contributed by atoms with Gasteiger partial charge in [-0.1, -0.05) is 6.08 Å². The number of rotatable bonds is 4. The van der Waals surface area contributed by atoms with Crippen molar-refractivity contribution in [2.75, 3.05) is 11.2 Å². The highest BCUT2D eigenvalue weighted by Gasteiger charge is 2.14. The molecule has 3 nitrogen and oxygen atoms in total. The van der Waals surface area contributed by atoms with Crippen molar-refractivity contribution in [1.82, 2.24) is 4.98 Å². The number of aromatic nitrogens is 1. The quantitative estimate of drug-likeness (QED) is 0.659. The zero-order valence-corrected chi connectivity index (χ0v) is 10.3. The number of allylic oxidation sites excluding steroid dienone is 1. The Morgan fingerprint density at radius 2 is 2.35 bits per heavy atom. The summed E-state index contributed by atoms with van der Waals surface area (Å²) in [6.07, 6.45) is 9.13. The van der Waals surface area contributed by atoms with Crippen LogP contribution in [0, 0.1) is 0 Å². The number of alkyl halides is 1. The normalized spacial score (nSPS) is 14.8. The first kappa shape index (κ1) is 12.1. The van der Waals surface area contributed by atoms with E-state index in [9.17, 15) is 4.79 Å². The number of fused-ring (bicyclic) bond motifs is 1. The van der Waals surface area contributed by atoms with Gasteiger partial charge in [0.05, 0.1) is 5.69 Å². The fourth-order valence-electron chi connectivity index (χ4n) is 1.77. The van der Waals surface area contributed by atoms with Crippen LogP contribution >= 0.6 is 11.6 Å². The van der Waals surface area contributed by atoms with Gasteiger partial charge in [-0.05, 0) is 37.0 Å². The number of nitrogens with one attached hydrogen (secondary N) is 1. The number of halogens is 1. The highest BCUT2D eigenvalue weighted by Crippen LogP contribution is 2.22. The van der Waals surface area contributed by atoms with Crippen LogP contribution in [0.3, 0.4) is 0 Å². The predicted octanol–water partition coefficient (Wildman–Crippen LogP) is 3.00. The summed E-state index contributed by atoms with van der Waals surface area (Å²) in [6.45, 7) is 0. The lowest BCUT2D eigenvalue weighted by Crippen LogP contribution is -2.19. The first-order chi connectivity index (χ1) is 8.29. The molecule has 1 aliphatic rings. The average Bonchev–Trinajstić information content (AvgIpc) is 2.34. The molecule has 2 rings (SSSR count). The minimum Gasteiger partial charge on any atom is -0.326 e. The summed E-state index contributed by atoms with van der Waals surface area (Å²) in [6, 6.07) is 1.92. The number of anilines is 1. The molecule has 0 unspecified atom stereocenters. The zero-order valence-electron chi connectivity index (χ0n) is 9.58. The van der Waals surface area contributed by atoms with Gasteiger partial charge in [0.1, 0.15) is 0 Å². The van der Waals surface area contributed by atoms with Crippen LogP contribution in [-0.2, 0) is 11.2 Å². The number of carbonyl (C=O) groups excluding carboxylic acids is 1. The minimum atomic E-state index is 0.0840. The standard InChI is InChI=1S/C13H15ClN2O/c14-7-3-1-2-4-11-8-12-10(9-15-11)5-6-13(17)16-12/h2,4,8-9H,1,3,5-7H2,(H,16,17)/b4-2+. The summed E-state index contributed by atoms with van der Waals surface area (Å²) < 4.78 is 0. The van der Waals surface area contributed by atoms with Gasteiger partial charge in [-0.3, -0.25) is 9.78 Å². The van der Waals surface area contributed by atoms with Gasteiger partial charge in [0.15, 0.2) is 0 Å². The Kier molecular flexibility index (Phi) is 4.15. The highest BCUT2D eigenvalue weighted by molar-refractivity contribution is 6.17. The molecule has 1 amide bonds. The van der Waals surface area contributed by atoms with Gasteiger partial charge in [-0.2, -0.15) is 0 Å². The van der Waals surface area contributed by atoms with Crippen LogP contribution < -0.4 is 5.32 Å². The molecule has 90 valence electrons. The van der Waals surface area contributed by atoms with E-state index in [2.05, 4.69) is 16.4 Å². The second kappa shape index (κ2) is 5.82. The van der Waals surface area contributed by atoms with Crippen molar-refractivity contribution in [2.24, 2.45) is 0 Å². The first-order valence-electron chi connectivity index (χ1n) is 5.81. The lowest BCUT2D eigenvalue weighted by molar-refractivity contribution is -0.116. The maximum atomic E-state index is 11.3. The average molecular weight is 251 g/mol. The van der Waals surface area contributed by atoms with Crippen LogP contribution in [0.25, 0.3) is 6.08 Å². The molecular weight excluding hydrogens is 236 g/mol. The molecule has 0 spiro atoms. The van der Waals surface area contributed by atoms with Gasteiger partial charge >= 0.3 is 0 Å². The molecule has 0 radical (unpaired) electrons. The van der Waals surface area contributed by atoms with Crippen LogP contribution in [0.15, 0.2) is 18.3 Å². The number of unbranched alkanes of at least 4 members (excludes halogenated alkanes) is 1. The molecule has 1 aromatic rings. The molecule has 0 aromatic carbocycles. The van der Waals surface area contributed by atoms with E-state index in [0.29, 0.717) is 12.3 Å². The molecule has 0 fully saturated rings. The Bertz CT molecular complexity index is 443. The minimum absolute atomic E-state index is 0.0840. The van der Waals surface area contributed by atoms with Crippen molar-refractivity contribution in [3.8, 4) is 0 Å². The Hall–Kier alpha value is -1.35. The lowest BCUT2D eigenvalue weighted by atomic mass is 10.0. The summed E-state index contributed by atoms with van der Waals surface area (Å²) in [4.78, 5) is 15.6. The number of amides is 1. The molecule has 0 bridgehead atoms. The van der Waals surface area contributed by atoms with E-state index < -0.39 is 0 Å². The third-order valence-corrected chi connectivity index (χ3v) is 2.96. The number of hydrogen-bond acceptors (Lipinski definition) is 2. The largest absolute Gasteiger partial charge is 0.326 e. The van der Waals surface area contributed by atoms with Gasteiger partial charge in [0, 0.05) is 24.2 Å². The van der Waals surface area contributed by atoms with E-state index in [4.69, 9.17) is 11.6 Å². The number of pyridine rings is 1. The third-order valence-electron chi connectivity index (χ3n) is 2.70. The fourth-order valence-corrected chi connectivity index (χ4v) is 1.92. The molecule has 0 saturated carbocycles. The van der Waals surface area contributed by atoms with Crippen LogP contribution in [0.2, 0.25) is 0 Å². The molecule has 1 aliphatic heterocycles. The molecule has 0 saturated heterocycles. The molecule has 0 aliphatic carbocycles. The number of aryl methyl sites for hydroxylation is 1. The van der Waals surface area contributed by atoms with E-state index in [0.717, 1.165) is 36.2 Å². The van der Waals surface area contributed by atoms with Crippen molar-refractivity contribution in [1.29, 1.82) is 0 Å². The van der Waals surface area contributed by atoms with Crippen LogP contribution in [-0.4, -0.2) is 16.8 Å². The van der Waals surface area contributed by atoms with E-state index in [1.165, 1.54) is 0 Å². The summed E-state index contributed by atoms with van der Waals surface area (Å²) in [5, 5.41) is 2.87. The molecule has 2 heterocycles. The monoisotopic (exact) mass is 250 g/mol. The molecule has 0 atom stereocenters. The van der Waals surface area contributed by atoms with Gasteiger partial charge < -0.3 is 5.32 Å². The van der Waals surface area contributed by atoms with Crippen molar-refractivity contribution in [3.05, 3.63) is 29.6 Å². The number of carbonyl (C=O) groups is 1. The second-order valence-corrected chi connectivity index (χ2v) is 4.43. The summed E-state index contributed by atoms with van der Waals surface area (Å²) in [7, 11) is 0. The third kappa shape index (κ3) is 3.30. The SMILES string of the molecule is O=C1CCc2cnc(/C=C/CCCCl)cc2N1. The molecule has 1 aromatic heterocycles. The maximum Gasteiger partial charge on any atom is 0.224 e. The van der Waals surface area contributed by atoms with E-state index in [1.54, 1.807) is 0 Å². The van der Waals surface area contributed by atoms with E-state index >= 15 is 0 Å². The lowest BCUT2D eigenvalue weighted by Gasteiger charge is -2.16. The number of hydrogen-bond donors (Lipinski definition) is 1. The molecule has 17 heavy (non-hydrogen) atoms. The smallest absolute Gasteiger partial charge is 0.224 e. The van der Waals surface area contributed by atoms with Crippen molar-refractivity contribution in [2.45, 2.75) is 25.7 Å². The summed E-state index contributed by atoms with van der Waals surface area (Å²) >= 11 is 5.60. The second-order valence-electron chi connectivity index (χ2n) is 4.05. The van der Waals surface area contributed by atoms with E-state index in [1.807, 2.05) is 18.3 Å². The fraction of sp³-hybridized carbons (Fsp3) is 0.385. The zero-order chi connectivity index (χ0) is 12.1. The molecule has 4 heteroatoms. The topological polar surface area (TPSA) is 42.0 Å². The van der Waals surface area contributed by atoms with Crippen molar-refractivity contribution < 1.29 is 4.79 Å². The van der Waals surface area contributed by atoms with Gasteiger partial charge in [0.25, 0.3) is 0 Å². The Morgan fingerprint density at radius 3 is 3.18 bits per heavy atom. The van der Waals surface area contributed by atoms with Gasteiger partial charge in [-0.25, -0.2) is 0 Å². The highest BCUT2D eigenvalue weighted by atomic mass is 35.5. The molecular formula is C13H15ClN2O. The summed E-state index contributed by atoms with van der Waals surface area (Å²) in [5.74, 6) is 0.763. The Labute approximate surface area is 106 Å². The Balaban J connectivity index is 2.07. The maximum absolute atomic E-state index is 11.3. The molecule has 1 N–H and O–H groups in total. The van der Waals surface area contributed by atoms with E-state index in [-0.39, 0.29) is 5.91 Å². The summed E-state index contributed by atoms with van der Waals surface area (Å²) in [5.41, 5.74) is 2.89. The van der Waals surface area contributed by atoms with Gasteiger partial charge in [0.2, 0.25) is 5.91 Å². The predicted molar refractivity (Wildman–Crippen MR) is 70.2 cm³/mol. The van der Waals surface area contributed by atoms with Crippen molar-refractivity contribution in [3.63, 3.8) is 0 Å². The van der Waals surface area contributed by atoms with Crippen LogP contribution in [0.4, 0.5) is 5.69 Å². The van der Waals surface area contributed by atoms with Gasteiger partial charge in [-0.15, -0.1) is 11.6 Å². The van der Waals surface area contributed by atoms with Crippen LogP contribution in [0.5, 0.6) is 0 Å². The first-order valence-corrected chi connectivity index (χ1v) is 6.34.